The molecular formula is C17H15ClN4O2. The number of rotatable bonds is 4. The van der Waals surface area contributed by atoms with Crippen LogP contribution in [-0.2, 0) is 17.9 Å². The van der Waals surface area contributed by atoms with E-state index in [9.17, 15) is 0 Å². The zero-order valence-corrected chi connectivity index (χ0v) is 13.5. The predicted octanol–water partition coefficient (Wildman–Crippen LogP) is 3.40. The summed E-state index contributed by atoms with van der Waals surface area (Å²) in [5.74, 6) is 0.857. The number of fused-ring (bicyclic) bond motifs is 1. The van der Waals surface area contributed by atoms with Crippen LogP contribution in [0.4, 0.5) is 5.69 Å². The molecule has 1 aliphatic heterocycles. The van der Waals surface area contributed by atoms with Gasteiger partial charge in [0.1, 0.15) is 5.75 Å². The Kier molecular flexibility index (Phi) is 4.06. The smallest absolute Gasteiger partial charge is 0.189 e. The molecule has 1 aromatic heterocycles. The second-order valence-corrected chi connectivity index (χ2v) is 5.82. The molecular weight excluding hydrogens is 328 g/mol. The molecule has 1 N–H and O–H groups in total. The molecule has 0 aliphatic carbocycles. The van der Waals surface area contributed by atoms with Crippen LogP contribution in [0.15, 0.2) is 48.8 Å². The first-order chi connectivity index (χ1) is 11.8. The molecule has 0 spiro atoms. The van der Waals surface area contributed by atoms with E-state index in [2.05, 4.69) is 15.5 Å². The first kappa shape index (κ1) is 15.0. The van der Waals surface area contributed by atoms with Crippen molar-refractivity contribution >= 4 is 17.3 Å². The lowest BCUT2D eigenvalue weighted by molar-refractivity contribution is -0.0169. The number of nitrogens with one attached hydrogen (secondary N) is 1. The molecule has 4 rings (SSSR count). The Labute approximate surface area is 144 Å². The van der Waals surface area contributed by atoms with Crippen molar-refractivity contribution in [3.8, 4) is 11.4 Å². The summed E-state index contributed by atoms with van der Waals surface area (Å²) < 4.78 is 10.9. The molecule has 0 bridgehead atoms. The minimum atomic E-state index is 0.271. The number of aromatic nitrogens is 3. The summed E-state index contributed by atoms with van der Waals surface area (Å²) >= 11 is 6.19. The first-order valence-corrected chi connectivity index (χ1v) is 7.90. The summed E-state index contributed by atoms with van der Waals surface area (Å²) in [5.41, 5.74) is 3.89. The minimum absolute atomic E-state index is 0.271. The third-order valence-corrected chi connectivity index (χ3v) is 3.97. The molecule has 0 amide bonds. The molecule has 7 heteroatoms. The van der Waals surface area contributed by atoms with Crippen molar-refractivity contribution in [2.75, 3.05) is 12.1 Å². The fourth-order valence-electron chi connectivity index (χ4n) is 2.65. The third kappa shape index (κ3) is 3.06. The van der Waals surface area contributed by atoms with Crippen molar-refractivity contribution in [2.24, 2.45) is 0 Å². The molecule has 0 fully saturated rings. The number of nitrogens with zero attached hydrogens (tertiary/aromatic N) is 3. The number of hydrogen-bond acceptors (Lipinski definition) is 5. The van der Waals surface area contributed by atoms with Crippen molar-refractivity contribution in [3.63, 3.8) is 0 Å². The van der Waals surface area contributed by atoms with Crippen molar-refractivity contribution in [1.29, 1.82) is 0 Å². The van der Waals surface area contributed by atoms with Crippen LogP contribution in [0.3, 0.4) is 0 Å². The summed E-state index contributed by atoms with van der Waals surface area (Å²) in [7, 11) is 0. The number of ether oxygens (including phenoxy) is 2. The fraction of sp³-hybridized carbons (Fsp3) is 0.176. The lowest BCUT2D eigenvalue weighted by Crippen LogP contribution is -2.14. The highest BCUT2D eigenvalue weighted by molar-refractivity contribution is 6.30. The summed E-state index contributed by atoms with van der Waals surface area (Å²) in [5, 5.41) is 12.3. The van der Waals surface area contributed by atoms with Gasteiger partial charge in [-0.3, -0.25) is 0 Å². The molecule has 2 heterocycles. The lowest BCUT2D eigenvalue weighted by Gasteiger charge is -2.21. The Bertz CT molecular complexity index is 835. The van der Waals surface area contributed by atoms with E-state index in [1.807, 2.05) is 36.4 Å². The van der Waals surface area contributed by atoms with Gasteiger partial charge in [-0.05, 0) is 36.4 Å². The molecule has 122 valence electrons. The molecule has 0 unspecified atom stereocenters. The van der Waals surface area contributed by atoms with Gasteiger partial charge in [-0.2, -0.15) is 15.0 Å². The van der Waals surface area contributed by atoms with Crippen LogP contribution in [0, 0.1) is 0 Å². The molecule has 0 radical (unpaired) electrons. The van der Waals surface area contributed by atoms with E-state index >= 15 is 0 Å². The Morgan fingerprint density at radius 3 is 2.71 bits per heavy atom. The number of hydrogen-bond donors (Lipinski definition) is 1. The van der Waals surface area contributed by atoms with Gasteiger partial charge < -0.3 is 14.8 Å². The van der Waals surface area contributed by atoms with E-state index in [0.29, 0.717) is 18.2 Å². The minimum Gasteiger partial charge on any atom is -0.467 e. The highest BCUT2D eigenvalue weighted by Gasteiger charge is 2.16. The van der Waals surface area contributed by atoms with Gasteiger partial charge in [0, 0.05) is 28.4 Å². The Morgan fingerprint density at radius 1 is 1.12 bits per heavy atom. The van der Waals surface area contributed by atoms with Crippen LogP contribution < -0.4 is 10.1 Å². The van der Waals surface area contributed by atoms with Gasteiger partial charge in [0.2, 0.25) is 0 Å². The zero-order chi connectivity index (χ0) is 16.4. The van der Waals surface area contributed by atoms with Gasteiger partial charge in [0.15, 0.2) is 6.79 Å². The first-order valence-electron chi connectivity index (χ1n) is 7.52. The quantitative estimate of drug-likeness (QED) is 0.787. The average Bonchev–Trinajstić information content (AvgIpc) is 3.14. The van der Waals surface area contributed by atoms with Gasteiger partial charge in [-0.15, -0.1) is 0 Å². The van der Waals surface area contributed by atoms with E-state index in [1.54, 1.807) is 17.2 Å². The van der Waals surface area contributed by atoms with E-state index in [0.717, 1.165) is 28.3 Å². The van der Waals surface area contributed by atoms with Crippen molar-refractivity contribution < 1.29 is 9.47 Å². The fourth-order valence-corrected chi connectivity index (χ4v) is 2.91. The second-order valence-electron chi connectivity index (χ2n) is 5.38. The van der Waals surface area contributed by atoms with Crippen LogP contribution in [0.25, 0.3) is 5.69 Å². The van der Waals surface area contributed by atoms with Crippen molar-refractivity contribution in [2.45, 2.75) is 13.2 Å². The average molecular weight is 343 g/mol. The number of benzene rings is 2. The van der Waals surface area contributed by atoms with E-state index < -0.39 is 0 Å². The monoisotopic (exact) mass is 342 g/mol. The maximum Gasteiger partial charge on any atom is 0.189 e. The van der Waals surface area contributed by atoms with Crippen LogP contribution in [-0.4, -0.2) is 21.8 Å². The standard InChI is InChI=1S/C17H15ClN4O2/c18-14-7-12(17-13(8-14)10-23-11-24-17)9-19-15-1-3-16(4-2-15)22-20-5-6-21-22/h1-8,19H,9-11H2. The summed E-state index contributed by atoms with van der Waals surface area (Å²) in [6.07, 6.45) is 3.30. The lowest BCUT2D eigenvalue weighted by atomic mass is 10.1. The Balaban J connectivity index is 1.50. The summed E-state index contributed by atoms with van der Waals surface area (Å²) in [6.45, 7) is 1.41. The van der Waals surface area contributed by atoms with E-state index in [1.165, 1.54) is 0 Å². The second kappa shape index (κ2) is 6.51. The summed E-state index contributed by atoms with van der Waals surface area (Å²) in [4.78, 5) is 1.57. The van der Waals surface area contributed by atoms with E-state index in [4.69, 9.17) is 21.1 Å². The van der Waals surface area contributed by atoms with E-state index in [-0.39, 0.29) is 6.79 Å². The molecule has 0 atom stereocenters. The van der Waals surface area contributed by atoms with Crippen LogP contribution in [0.1, 0.15) is 11.1 Å². The predicted molar refractivity (Wildman–Crippen MR) is 90.4 cm³/mol. The Morgan fingerprint density at radius 2 is 1.92 bits per heavy atom. The SMILES string of the molecule is Clc1cc(CNc2ccc(-n3nccn3)cc2)c2c(c1)COCO2. The van der Waals surface area contributed by atoms with Crippen molar-refractivity contribution in [3.05, 3.63) is 64.9 Å². The molecule has 0 saturated carbocycles. The number of halogens is 1. The normalized spacial score (nSPS) is 13.2. The van der Waals surface area contributed by atoms with Gasteiger partial charge >= 0.3 is 0 Å². The number of anilines is 1. The highest BCUT2D eigenvalue weighted by Crippen LogP contribution is 2.32. The maximum atomic E-state index is 6.19. The third-order valence-electron chi connectivity index (χ3n) is 3.75. The summed E-state index contributed by atoms with van der Waals surface area (Å²) in [6, 6.07) is 11.7. The van der Waals surface area contributed by atoms with Gasteiger partial charge in [0.05, 0.1) is 24.7 Å². The van der Waals surface area contributed by atoms with Gasteiger partial charge in [-0.1, -0.05) is 11.6 Å². The molecule has 1 aliphatic rings. The zero-order valence-electron chi connectivity index (χ0n) is 12.8. The van der Waals surface area contributed by atoms with Crippen molar-refractivity contribution in [1.82, 2.24) is 15.0 Å². The van der Waals surface area contributed by atoms with Gasteiger partial charge in [-0.25, -0.2) is 0 Å². The van der Waals surface area contributed by atoms with Crippen LogP contribution in [0.2, 0.25) is 5.02 Å². The topological polar surface area (TPSA) is 61.2 Å². The highest BCUT2D eigenvalue weighted by atomic mass is 35.5. The van der Waals surface area contributed by atoms with Gasteiger partial charge in [0.25, 0.3) is 0 Å². The molecule has 2 aromatic carbocycles. The molecule has 6 nitrogen and oxygen atoms in total. The van der Waals surface area contributed by atoms with Crippen LogP contribution in [0.5, 0.6) is 5.75 Å². The largest absolute Gasteiger partial charge is 0.467 e. The maximum absolute atomic E-state index is 6.19. The van der Waals surface area contributed by atoms with Crippen LogP contribution >= 0.6 is 11.6 Å². The Hall–Kier alpha value is -2.57. The molecule has 24 heavy (non-hydrogen) atoms. The molecule has 3 aromatic rings. The molecule has 0 saturated heterocycles.